The Hall–Kier alpha value is -2.33. The first-order chi connectivity index (χ1) is 12.3. The van der Waals surface area contributed by atoms with Crippen molar-refractivity contribution in [3.8, 4) is 0 Å². The van der Waals surface area contributed by atoms with Crippen LogP contribution in [0.1, 0.15) is 24.0 Å². The minimum Gasteiger partial charge on any atom is -0.440 e. The molecule has 130 valence electrons. The van der Waals surface area contributed by atoms with Crippen LogP contribution >= 0.6 is 0 Å². The molecule has 1 aliphatic carbocycles. The van der Waals surface area contributed by atoms with Crippen LogP contribution in [0, 0.1) is 0 Å². The lowest BCUT2D eigenvalue weighted by molar-refractivity contribution is -0.932. The van der Waals surface area contributed by atoms with Crippen LogP contribution < -0.4 is 10.2 Å². The van der Waals surface area contributed by atoms with Gasteiger partial charge in [0.2, 0.25) is 0 Å². The van der Waals surface area contributed by atoms with Gasteiger partial charge in [-0.15, -0.1) is 0 Å². The normalized spacial score (nSPS) is 23.0. The van der Waals surface area contributed by atoms with Gasteiger partial charge in [-0.25, -0.2) is 4.79 Å². The van der Waals surface area contributed by atoms with Gasteiger partial charge in [-0.1, -0.05) is 42.5 Å². The van der Waals surface area contributed by atoms with Gasteiger partial charge in [0.05, 0.1) is 12.6 Å². The molecule has 4 rings (SSSR count). The van der Waals surface area contributed by atoms with Crippen molar-refractivity contribution < 1.29 is 14.4 Å². The second-order valence-corrected chi connectivity index (χ2v) is 7.15. The van der Waals surface area contributed by atoms with Crippen LogP contribution in [-0.4, -0.2) is 31.3 Å². The highest BCUT2D eigenvalue weighted by atomic mass is 16.6. The number of carbonyl (C=O) groups is 1. The fraction of sp³-hybridized carbons (Fsp3) is 0.381. The van der Waals surface area contributed by atoms with Crippen molar-refractivity contribution in [1.29, 1.82) is 0 Å². The number of anilines is 1. The molecule has 2 aromatic carbocycles. The molecule has 0 radical (unpaired) electrons. The molecule has 1 fully saturated rings. The number of piperidine rings is 1. The molecule has 0 spiro atoms. The first kappa shape index (κ1) is 16.2. The number of rotatable bonds is 3. The molecule has 25 heavy (non-hydrogen) atoms. The average molecular weight is 337 g/mol. The summed E-state index contributed by atoms with van der Waals surface area (Å²) in [5, 5.41) is 2.82. The van der Waals surface area contributed by atoms with Gasteiger partial charge in [0.25, 0.3) is 0 Å². The lowest BCUT2D eigenvalue weighted by Gasteiger charge is -2.33. The van der Waals surface area contributed by atoms with E-state index < -0.39 is 0 Å². The number of ether oxygens (including phenoxy) is 1. The third-order valence-corrected chi connectivity index (χ3v) is 5.44. The Morgan fingerprint density at radius 2 is 1.68 bits per heavy atom. The maximum Gasteiger partial charge on any atom is 0.412 e. The maximum absolute atomic E-state index is 12.1. The number of hydrogen-bond acceptors (Lipinski definition) is 2. The Morgan fingerprint density at radius 1 is 1.00 bits per heavy atom. The summed E-state index contributed by atoms with van der Waals surface area (Å²) in [6.45, 7) is 2.10. The number of amides is 1. The predicted octanol–water partition coefficient (Wildman–Crippen LogP) is 2.45. The SMILES string of the molecule is O=C(Nc1ccccc1)O[C@H]1CCC[NH+](C2Cc3ccccc3C2)C1. The second-order valence-electron chi connectivity index (χ2n) is 7.15. The quantitative estimate of drug-likeness (QED) is 0.903. The molecule has 1 saturated heterocycles. The van der Waals surface area contributed by atoms with Crippen LogP contribution in [0.3, 0.4) is 0 Å². The van der Waals surface area contributed by atoms with E-state index in [0.29, 0.717) is 6.04 Å². The molecule has 1 heterocycles. The van der Waals surface area contributed by atoms with Crippen molar-refractivity contribution >= 4 is 11.8 Å². The highest BCUT2D eigenvalue weighted by Gasteiger charge is 2.34. The van der Waals surface area contributed by atoms with Crippen LogP contribution in [0.5, 0.6) is 0 Å². The lowest BCUT2D eigenvalue weighted by atomic mass is 10.0. The zero-order valence-electron chi connectivity index (χ0n) is 14.4. The number of likely N-dealkylation sites (tertiary alicyclic amines) is 1. The van der Waals surface area contributed by atoms with Gasteiger partial charge in [0, 0.05) is 24.9 Å². The topological polar surface area (TPSA) is 42.8 Å². The van der Waals surface area contributed by atoms with Gasteiger partial charge in [0.15, 0.2) is 6.10 Å². The van der Waals surface area contributed by atoms with E-state index in [1.54, 1.807) is 4.90 Å². The summed E-state index contributed by atoms with van der Waals surface area (Å²) in [6, 6.07) is 18.9. The molecule has 4 heteroatoms. The van der Waals surface area contributed by atoms with Crippen LogP contribution in [0.15, 0.2) is 54.6 Å². The lowest BCUT2D eigenvalue weighted by Crippen LogP contribution is -3.18. The van der Waals surface area contributed by atoms with Crippen LogP contribution in [0.4, 0.5) is 10.5 Å². The maximum atomic E-state index is 12.1. The largest absolute Gasteiger partial charge is 0.440 e. The molecule has 1 amide bonds. The molecule has 0 aromatic heterocycles. The summed E-state index contributed by atoms with van der Waals surface area (Å²) in [6.07, 6.45) is 4.04. The van der Waals surface area contributed by atoms with Crippen LogP contribution in [0.2, 0.25) is 0 Å². The zero-order chi connectivity index (χ0) is 17.1. The highest BCUT2D eigenvalue weighted by molar-refractivity contribution is 5.84. The standard InChI is InChI=1S/C21H24N2O2/c24-21(22-18-9-2-1-3-10-18)25-20-11-6-12-23(15-20)19-13-16-7-4-5-8-17(16)14-19/h1-5,7-10,19-20H,6,11-15H2,(H,22,24)/p+1/t20-/m0/s1. The Kier molecular flexibility index (Phi) is 4.70. The van der Waals surface area contributed by atoms with Crippen LogP contribution in [-0.2, 0) is 17.6 Å². The fourth-order valence-corrected chi connectivity index (χ4v) is 4.19. The summed E-state index contributed by atoms with van der Waals surface area (Å²) in [5.74, 6) is 0. The number of hydrogen-bond donors (Lipinski definition) is 2. The molecule has 4 nitrogen and oxygen atoms in total. The van der Waals surface area contributed by atoms with Gasteiger partial charge in [0.1, 0.15) is 6.54 Å². The van der Waals surface area contributed by atoms with Crippen molar-refractivity contribution in [3.05, 3.63) is 65.7 Å². The van der Waals surface area contributed by atoms with E-state index in [0.717, 1.165) is 37.9 Å². The molecular weight excluding hydrogens is 312 g/mol. The third kappa shape index (κ3) is 3.85. The number of carbonyl (C=O) groups excluding carboxylic acids is 1. The van der Waals surface area contributed by atoms with Crippen molar-refractivity contribution in [3.63, 3.8) is 0 Å². The van der Waals surface area contributed by atoms with E-state index in [4.69, 9.17) is 4.74 Å². The monoisotopic (exact) mass is 337 g/mol. The summed E-state index contributed by atoms with van der Waals surface area (Å²) in [5.41, 5.74) is 3.76. The second kappa shape index (κ2) is 7.28. The van der Waals surface area contributed by atoms with Gasteiger partial charge in [-0.05, 0) is 29.7 Å². The summed E-state index contributed by atoms with van der Waals surface area (Å²) in [7, 11) is 0. The minimum absolute atomic E-state index is 0.0103. The fourth-order valence-electron chi connectivity index (χ4n) is 4.19. The van der Waals surface area contributed by atoms with Crippen LogP contribution in [0.25, 0.3) is 0 Å². The highest BCUT2D eigenvalue weighted by Crippen LogP contribution is 2.21. The summed E-state index contributed by atoms with van der Waals surface area (Å²) >= 11 is 0. The Balaban J connectivity index is 1.32. The van der Waals surface area contributed by atoms with Gasteiger partial charge in [-0.2, -0.15) is 0 Å². The van der Waals surface area contributed by atoms with E-state index in [9.17, 15) is 4.79 Å². The molecule has 1 aliphatic heterocycles. The molecular formula is C21H25N2O2+. The van der Waals surface area contributed by atoms with E-state index in [1.165, 1.54) is 17.7 Å². The third-order valence-electron chi connectivity index (χ3n) is 5.44. The molecule has 2 aromatic rings. The number of quaternary nitrogens is 1. The number of nitrogens with one attached hydrogen (secondary N) is 2. The van der Waals surface area contributed by atoms with E-state index in [-0.39, 0.29) is 12.2 Å². The van der Waals surface area contributed by atoms with Gasteiger partial charge < -0.3 is 9.64 Å². The summed E-state index contributed by atoms with van der Waals surface area (Å²) < 4.78 is 5.69. The first-order valence-corrected chi connectivity index (χ1v) is 9.22. The Morgan fingerprint density at radius 3 is 2.40 bits per heavy atom. The first-order valence-electron chi connectivity index (χ1n) is 9.22. The average Bonchev–Trinajstić information content (AvgIpc) is 3.07. The summed E-state index contributed by atoms with van der Waals surface area (Å²) in [4.78, 5) is 13.7. The van der Waals surface area contributed by atoms with E-state index >= 15 is 0 Å². The molecule has 2 aliphatic rings. The number of fused-ring (bicyclic) bond motifs is 1. The molecule has 0 saturated carbocycles. The predicted molar refractivity (Wildman–Crippen MR) is 97.9 cm³/mol. The van der Waals surface area contributed by atoms with E-state index in [1.807, 2.05) is 30.3 Å². The number of para-hydroxylation sites is 1. The van der Waals surface area contributed by atoms with Gasteiger partial charge >= 0.3 is 6.09 Å². The van der Waals surface area contributed by atoms with Crippen molar-refractivity contribution in [1.82, 2.24) is 0 Å². The minimum atomic E-state index is -0.341. The Bertz CT molecular complexity index is 707. The van der Waals surface area contributed by atoms with Gasteiger partial charge in [-0.3, -0.25) is 5.32 Å². The molecule has 1 unspecified atom stereocenters. The zero-order valence-corrected chi connectivity index (χ0v) is 14.4. The Labute approximate surface area is 148 Å². The molecule has 2 atom stereocenters. The van der Waals surface area contributed by atoms with E-state index in [2.05, 4.69) is 29.6 Å². The van der Waals surface area contributed by atoms with Crippen molar-refractivity contribution in [2.45, 2.75) is 37.8 Å². The molecule has 0 bridgehead atoms. The van der Waals surface area contributed by atoms with Crippen molar-refractivity contribution in [2.24, 2.45) is 0 Å². The smallest absolute Gasteiger partial charge is 0.412 e. The molecule has 2 N–H and O–H groups in total. The number of benzene rings is 2. The van der Waals surface area contributed by atoms with Crippen molar-refractivity contribution in [2.75, 3.05) is 18.4 Å².